The van der Waals surface area contributed by atoms with Gasteiger partial charge in [-0.25, -0.2) is 4.79 Å². The normalized spacial score (nSPS) is 15.1. The first-order valence-electron chi connectivity index (χ1n) is 9.29. The Balaban J connectivity index is 0.00000420. The fourth-order valence-corrected chi connectivity index (χ4v) is 2.77. The number of aliphatic imine (C=N–C) groups is 1. The van der Waals surface area contributed by atoms with Gasteiger partial charge in [0.2, 0.25) is 5.91 Å². The molecule has 1 saturated heterocycles. The average Bonchev–Trinajstić information content (AvgIpc) is 3.03. The molecule has 1 fully saturated rings. The fraction of sp³-hybridized carbons (Fsp3) is 0.667. The van der Waals surface area contributed by atoms with Crippen LogP contribution in [0.1, 0.15) is 20.8 Å². The number of halogens is 1. The van der Waals surface area contributed by atoms with E-state index in [2.05, 4.69) is 15.4 Å². The lowest BCUT2D eigenvalue weighted by Crippen LogP contribution is -2.56. The topological polar surface area (TPSA) is 95.3 Å². The summed E-state index contributed by atoms with van der Waals surface area (Å²) in [6, 6.07) is 0. The van der Waals surface area contributed by atoms with E-state index in [0.29, 0.717) is 32.1 Å². The van der Waals surface area contributed by atoms with Crippen molar-refractivity contribution in [2.45, 2.75) is 26.4 Å². The number of piperazine rings is 1. The van der Waals surface area contributed by atoms with Crippen molar-refractivity contribution in [3.8, 4) is 0 Å². The highest BCUT2D eigenvalue weighted by Crippen LogP contribution is 2.16. The molecule has 0 saturated carbocycles. The number of nitrogens with one attached hydrogen (secondary N) is 1. The third kappa shape index (κ3) is 7.37. The number of carbonyl (C=O) groups is 2. The summed E-state index contributed by atoms with van der Waals surface area (Å²) in [6.45, 7) is 7.90. The number of ether oxygens (including phenoxy) is 1. The van der Waals surface area contributed by atoms with Crippen molar-refractivity contribution in [3.63, 3.8) is 0 Å². The SMILES string of the molecule is CN=C(NCCN(C)C(=O)OC(C)(C)C)N1CCN(c2cnn(C)c2)C(=O)C1.I. The Hall–Kier alpha value is -2.05. The minimum Gasteiger partial charge on any atom is -0.444 e. The van der Waals surface area contributed by atoms with Crippen LogP contribution in [-0.4, -0.2) is 90.0 Å². The second kappa shape index (κ2) is 10.6. The first-order chi connectivity index (χ1) is 13.1. The number of hydrogen-bond donors (Lipinski definition) is 1. The zero-order valence-corrected chi connectivity index (χ0v) is 20.3. The summed E-state index contributed by atoms with van der Waals surface area (Å²) in [7, 11) is 5.19. The molecule has 0 bridgehead atoms. The first kappa shape index (κ1) is 25.0. The molecule has 1 aliphatic heterocycles. The van der Waals surface area contributed by atoms with E-state index in [1.807, 2.05) is 38.9 Å². The zero-order valence-electron chi connectivity index (χ0n) is 18.0. The quantitative estimate of drug-likeness (QED) is 0.363. The molecule has 0 spiro atoms. The maximum atomic E-state index is 12.5. The van der Waals surface area contributed by atoms with Crippen LogP contribution in [0.2, 0.25) is 0 Å². The summed E-state index contributed by atoms with van der Waals surface area (Å²) in [5, 5.41) is 7.33. The number of amides is 2. The van der Waals surface area contributed by atoms with Gasteiger partial charge >= 0.3 is 6.09 Å². The predicted octanol–water partition coefficient (Wildman–Crippen LogP) is 1.13. The summed E-state index contributed by atoms with van der Waals surface area (Å²) in [5.74, 6) is 0.629. The molecule has 164 valence electrons. The lowest BCUT2D eigenvalue weighted by atomic mass is 10.2. The highest BCUT2D eigenvalue weighted by Gasteiger charge is 2.27. The van der Waals surface area contributed by atoms with Crippen molar-refractivity contribution in [1.82, 2.24) is 24.9 Å². The van der Waals surface area contributed by atoms with Crippen molar-refractivity contribution < 1.29 is 14.3 Å². The van der Waals surface area contributed by atoms with E-state index < -0.39 is 5.60 Å². The Morgan fingerprint density at radius 3 is 2.59 bits per heavy atom. The van der Waals surface area contributed by atoms with Crippen LogP contribution in [0.3, 0.4) is 0 Å². The summed E-state index contributed by atoms with van der Waals surface area (Å²) < 4.78 is 7.01. The number of carbonyl (C=O) groups excluding carboxylic acids is 2. The second-order valence-corrected chi connectivity index (χ2v) is 7.72. The summed E-state index contributed by atoms with van der Waals surface area (Å²) in [4.78, 5) is 33.9. The second-order valence-electron chi connectivity index (χ2n) is 7.72. The summed E-state index contributed by atoms with van der Waals surface area (Å²) in [6.07, 6.45) is 3.14. The van der Waals surface area contributed by atoms with Crippen LogP contribution in [0, 0.1) is 0 Å². The molecule has 2 amide bonds. The van der Waals surface area contributed by atoms with E-state index in [1.165, 1.54) is 4.90 Å². The van der Waals surface area contributed by atoms with Gasteiger partial charge in [-0.1, -0.05) is 0 Å². The third-order valence-electron chi connectivity index (χ3n) is 4.17. The molecule has 0 aliphatic carbocycles. The van der Waals surface area contributed by atoms with Gasteiger partial charge in [0.15, 0.2) is 5.96 Å². The number of anilines is 1. The molecule has 10 nitrogen and oxygen atoms in total. The molecule has 2 rings (SSSR count). The fourth-order valence-electron chi connectivity index (χ4n) is 2.77. The van der Waals surface area contributed by atoms with E-state index in [0.717, 1.165) is 5.69 Å². The van der Waals surface area contributed by atoms with Gasteiger partial charge in [0, 0.05) is 53.5 Å². The van der Waals surface area contributed by atoms with Crippen molar-refractivity contribution in [3.05, 3.63) is 12.4 Å². The van der Waals surface area contributed by atoms with Gasteiger partial charge in [-0.3, -0.25) is 14.5 Å². The Morgan fingerprint density at radius 2 is 2.07 bits per heavy atom. The summed E-state index contributed by atoms with van der Waals surface area (Å²) in [5.41, 5.74) is 0.275. The molecule has 0 aromatic carbocycles. The number of guanidine groups is 1. The van der Waals surface area contributed by atoms with Crippen molar-refractivity contribution >= 4 is 47.6 Å². The maximum Gasteiger partial charge on any atom is 0.410 e. The van der Waals surface area contributed by atoms with E-state index in [1.54, 1.807) is 29.9 Å². The molecular formula is C18H32IN7O3. The monoisotopic (exact) mass is 521 g/mol. The zero-order chi connectivity index (χ0) is 20.9. The van der Waals surface area contributed by atoms with Crippen LogP contribution in [0.5, 0.6) is 0 Å². The smallest absolute Gasteiger partial charge is 0.410 e. The number of rotatable bonds is 4. The average molecular weight is 521 g/mol. The Labute approximate surface area is 189 Å². The number of nitrogens with zero attached hydrogens (tertiary/aromatic N) is 6. The van der Waals surface area contributed by atoms with Gasteiger partial charge in [0.25, 0.3) is 0 Å². The lowest BCUT2D eigenvalue weighted by molar-refractivity contribution is -0.120. The van der Waals surface area contributed by atoms with Gasteiger partial charge in [0.1, 0.15) is 12.1 Å². The highest BCUT2D eigenvalue weighted by atomic mass is 127. The predicted molar refractivity (Wildman–Crippen MR) is 123 cm³/mol. The van der Waals surface area contributed by atoms with Crippen molar-refractivity contribution in [2.75, 3.05) is 51.7 Å². The van der Waals surface area contributed by atoms with Gasteiger partial charge in [0.05, 0.1) is 11.9 Å². The van der Waals surface area contributed by atoms with Crippen LogP contribution in [0.25, 0.3) is 0 Å². The van der Waals surface area contributed by atoms with E-state index in [9.17, 15) is 9.59 Å². The molecule has 2 heterocycles. The van der Waals surface area contributed by atoms with E-state index >= 15 is 0 Å². The number of likely N-dealkylation sites (N-methyl/N-ethyl adjacent to an activating group) is 1. The first-order valence-corrected chi connectivity index (χ1v) is 9.29. The molecule has 0 unspecified atom stereocenters. The molecule has 1 aromatic rings. The Morgan fingerprint density at radius 1 is 1.38 bits per heavy atom. The molecule has 29 heavy (non-hydrogen) atoms. The van der Waals surface area contributed by atoms with Crippen LogP contribution >= 0.6 is 24.0 Å². The summed E-state index contributed by atoms with van der Waals surface area (Å²) >= 11 is 0. The Kier molecular flexibility index (Phi) is 9.17. The van der Waals surface area contributed by atoms with Crippen LogP contribution < -0.4 is 10.2 Å². The third-order valence-corrected chi connectivity index (χ3v) is 4.17. The van der Waals surface area contributed by atoms with Gasteiger partial charge in [-0.05, 0) is 20.8 Å². The molecule has 0 atom stereocenters. The lowest BCUT2D eigenvalue weighted by Gasteiger charge is -2.35. The minimum atomic E-state index is -0.525. The van der Waals surface area contributed by atoms with Crippen LogP contribution in [-0.2, 0) is 16.6 Å². The van der Waals surface area contributed by atoms with E-state index in [4.69, 9.17) is 4.74 Å². The number of aryl methyl sites for hydroxylation is 1. The standard InChI is InChI=1S/C18H31N7O3.HI/c1-18(2,3)28-17(27)22(5)8-7-20-16(19-4)24-9-10-25(15(26)13-24)14-11-21-23(6)12-14;/h11-12H,7-10,13H2,1-6H3,(H,19,20);1H. The molecular weight excluding hydrogens is 489 g/mol. The van der Waals surface area contributed by atoms with Crippen LogP contribution in [0.15, 0.2) is 17.4 Å². The molecule has 1 aromatic heterocycles. The van der Waals surface area contributed by atoms with Crippen molar-refractivity contribution in [1.29, 1.82) is 0 Å². The molecule has 0 radical (unpaired) electrons. The molecule has 1 N–H and O–H groups in total. The van der Waals surface area contributed by atoms with Gasteiger partial charge in [-0.15, -0.1) is 24.0 Å². The van der Waals surface area contributed by atoms with Crippen LogP contribution in [0.4, 0.5) is 10.5 Å². The van der Waals surface area contributed by atoms with Gasteiger partial charge in [-0.2, -0.15) is 5.10 Å². The minimum absolute atomic E-state index is 0. The number of aromatic nitrogens is 2. The van der Waals surface area contributed by atoms with E-state index in [-0.39, 0.29) is 42.5 Å². The largest absolute Gasteiger partial charge is 0.444 e. The maximum absolute atomic E-state index is 12.5. The molecule has 11 heteroatoms. The number of hydrogen-bond acceptors (Lipinski definition) is 5. The Bertz CT molecular complexity index is 729. The molecule has 1 aliphatic rings. The van der Waals surface area contributed by atoms with Crippen molar-refractivity contribution in [2.24, 2.45) is 12.0 Å². The highest BCUT2D eigenvalue weighted by molar-refractivity contribution is 14.0. The van der Waals surface area contributed by atoms with Gasteiger partial charge < -0.3 is 24.8 Å².